The first kappa shape index (κ1) is 14.1. The molecule has 1 aromatic rings. The molecule has 4 heteroatoms. The number of amides is 1. The molecule has 0 aromatic carbocycles. The molecule has 2 aliphatic rings. The van der Waals surface area contributed by atoms with E-state index in [9.17, 15) is 4.79 Å². The van der Waals surface area contributed by atoms with E-state index in [1.165, 1.54) is 16.9 Å². The molecule has 0 spiro atoms. The maximum Gasteiger partial charge on any atom is 0.261 e. The summed E-state index contributed by atoms with van der Waals surface area (Å²) in [6.45, 7) is 5.17. The van der Waals surface area contributed by atoms with Crippen LogP contribution < -0.4 is 5.32 Å². The highest BCUT2D eigenvalue weighted by molar-refractivity contribution is 7.14. The Morgan fingerprint density at radius 1 is 1.50 bits per heavy atom. The first-order chi connectivity index (χ1) is 9.63. The fourth-order valence-electron chi connectivity index (χ4n) is 3.19. The zero-order valence-electron chi connectivity index (χ0n) is 12.3. The third-order valence-electron chi connectivity index (χ3n) is 4.43. The first-order valence-corrected chi connectivity index (χ1v) is 8.49. The van der Waals surface area contributed by atoms with Crippen molar-refractivity contribution in [1.82, 2.24) is 5.32 Å². The van der Waals surface area contributed by atoms with Crippen LogP contribution in [0.15, 0.2) is 6.07 Å². The minimum Gasteiger partial charge on any atom is -0.376 e. The minimum absolute atomic E-state index is 0.0695. The van der Waals surface area contributed by atoms with E-state index >= 15 is 0 Å². The van der Waals surface area contributed by atoms with Gasteiger partial charge >= 0.3 is 0 Å². The second kappa shape index (κ2) is 5.86. The standard InChI is InChI=1S/C16H23NO2S/c1-10-5-6-14-12(8-10)9-15(20-14)16(18)17-11(2)13-4-3-7-19-13/h9-11,13H,3-8H2,1-2H3,(H,17,18)/t10-,11-,13-/m0/s1. The molecule has 0 saturated carbocycles. The highest BCUT2D eigenvalue weighted by Crippen LogP contribution is 2.32. The molecule has 1 aliphatic carbocycles. The maximum absolute atomic E-state index is 12.4. The normalized spacial score (nSPS) is 27.1. The van der Waals surface area contributed by atoms with E-state index in [1.807, 2.05) is 6.92 Å². The lowest BCUT2D eigenvalue weighted by molar-refractivity contribution is 0.0714. The second-order valence-electron chi connectivity index (χ2n) is 6.22. The van der Waals surface area contributed by atoms with Crippen LogP contribution >= 0.6 is 11.3 Å². The largest absolute Gasteiger partial charge is 0.376 e. The Bertz CT molecular complexity index is 491. The number of aryl methyl sites for hydroxylation is 1. The number of rotatable bonds is 3. The van der Waals surface area contributed by atoms with E-state index in [-0.39, 0.29) is 18.1 Å². The Kier molecular flexibility index (Phi) is 4.13. The molecule has 1 fully saturated rings. The van der Waals surface area contributed by atoms with Gasteiger partial charge in [0.1, 0.15) is 0 Å². The van der Waals surface area contributed by atoms with Crippen LogP contribution in [0.1, 0.15) is 53.2 Å². The summed E-state index contributed by atoms with van der Waals surface area (Å²) in [4.78, 5) is 14.6. The predicted molar refractivity (Wildman–Crippen MR) is 81.4 cm³/mol. The van der Waals surface area contributed by atoms with Gasteiger partial charge in [0.2, 0.25) is 0 Å². The molecule has 0 bridgehead atoms. The van der Waals surface area contributed by atoms with E-state index in [0.717, 1.165) is 43.1 Å². The highest BCUT2D eigenvalue weighted by atomic mass is 32.1. The Labute approximate surface area is 124 Å². The van der Waals surface area contributed by atoms with E-state index in [2.05, 4.69) is 18.3 Å². The molecule has 0 unspecified atom stereocenters. The average molecular weight is 293 g/mol. The van der Waals surface area contributed by atoms with Crippen LogP contribution in [0.2, 0.25) is 0 Å². The third-order valence-corrected chi connectivity index (χ3v) is 5.67. The first-order valence-electron chi connectivity index (χ1n) is 7.67. The molecule has 1 amide bonds. The quantitative estimate of drug-likeness (QED) is 0.929. The number of hydrogen-bond donors (Lipinski definition) is 1. The van der Waals surface area contributed by atoms with Crippen molar-refractivity contribution in [2.24, 2.45) is 5.92 Å². The molecule has 1 N–H and O–H groups in total. The van der Waals surface area contributed by atoms with Gasteiger partial charge in [-0.15, -0.1) is 11.3 Å². The van der Waals surface area contributed by atoms with E-state index in [4.69, 9.17) is 4.74 Å². The summed E-state index contributed by atoms with van der Waals surface area (Å²) in [5.74, 6) is 0.818. The number of thiophene rings is 1. The Balaban J connectivity index is 1.65. The highest BCUT2D eigenvalue weighted by Gasteiger charge is 2.26. The van der Waals surface area contributed by atoms with Crippen molar-refractivity contribution < 1.29 is 9.53 Å². The molecule has 110 valence electrons. The lowest BCUT2D eigenvalue weighted by atomic mass is 9.90. The fraction of sp³-hybridized carbons (Fsp3) is 0.688. The predicted octanol–water partition coefficient (Wildman–Crippen LogP) is 3.17. The van der Waals surface area contributed by atoms with E-state index in [1.54, 1.807) is 11.3 Å². The third kappa shape index (κ3) is 2.91. The number of nitrogens with one attached hydrogen (secondary N) is 1. The van der Waals surface area contributed by atoms with Crippen molar-refractivity contribution in [3.05, 3.63) is 21.4 Å². The zero-order valence-corrected chi connectivity index (χ0v) is 13.1. The molecule has 3 atom stereocenters. The number of carbonyl (C=O) groups excluding carboxylic acids is 1. The zero-order chi connectivity index (χ0) is 14.1. The molecule has 1 aliphatic heterocycles. The molecule has 3 nitrogen and oxygen atoms in total. The van der Waals surface area contributed by atoms with Gasteiger partial charge in [-0.1, -0.05) is 6.92 Å². The van der Waals surface area contributed by atoms with E-state index in [0.29, 0.717) is 0 Å². The van der Waals surface area contributed by atoms with Crippen LogP contribution in [0.5, 0.6) is 0 Å². The van der Waals surface area contributed by atoms with Crippen molar-refractivity contribution in [2.75, 3.05) is 6.61 Å². The van der Waals surface area contributed by atoms with Crippen LogP contribution in [0.3, 0.4) is 0 Å². The fourth-order valence-corrected chi connectivity index (χ4v) is 4.30. The van der Waals surface area contributed by atoms with Crippen molar-refractivity contribution in [1.29, 1.82) is 0 Å². The summed E-state index contributed by atoms with van der Waals surface area (Å²) in [6, 6.07) is 2.20. The van der Waals surface area contributed by atoms with Gasteiger partial charge in [-0.05, 0) is 56.6 Å². The van der Waals surface area contributed by atoms with Crippen LogP contribution in [0, 0.1) is 5.92 Å². The lowest BCUT2D eigenvalue weighted by Gasteiger charge is -2.19. The smallest absolute Gasteiger partial charge is 0.261 e. The summed E-state index contributed by atoms with van der Waals surface area (Å²) in [7, 11) is 0. The summed E-state index contributed by atoms with van der Waals surface area (Å²) < 4.78 is 5.64. The molecular weight excluding hydrogens is 270 g/mol. The summed E-state index contributed by atoms with van der Waals surface area (Å²) in [6.07, 6.45) is 5.86. The van der Waals surface area contributed by atoms with Gasteiger partial charge < -0.3 is 10.1 Å². The molecule has 2 heterocycles. The second-order valence-corrected chi connectivity index (χ2v) is 7.36. The summed E-state index contributed by atoms with van der Waals surface area (Å²) >= 11 is 1.68. The molecule has 3 rings (SSSR count). The summed E-state index contributed by atoms with van der Waals surface area (Å²) in [5.41, 5.74) is 1.39. The van der Waals surface area contributed by atoms with Crippen molar-refractivity contribution >= 4 is 17.2 Å². The van der Waals surface area contributed by atoms with Gasteiger partial charge in [-0.25, -0.2) is 0 Å². The lowest BCUT2D eigenvalue weighted by Crippen LogP contribution is -2.40. The SMILES string of the molecule is C[C@H]1CCc2sc(C(=O)N[C@@H](C)[C@@H]3CCCO3)cc2C1. The van der Waals surface area contributed by atoms with Crippen molar-refractivity contribution in [3.63, 3.8) is 0 Å². The van der Waals surface area contributed by atoms with Crippen molar-refractivity contribution in [3.8, 4) is 0 Å². The van der Waals surface area contributed by atoms with Gasteiger partial charge in [0.25, 0.3) is 5.91 Å². The number of hydrogen-bond acceptors (Lipinski definition) is 3. The maximum atomic E-state index is 12.4. The monoisotopic (exact) mass is 293 g/mol. The van der Waals surface area contributed by atoms with Gasteiger partial charge in [0, 0.05) is 11.5 Å². The van der Waals surface area contributed by atoms with E-state index < -0.39 is 0 Å². The number of fused-ring (bicyclic) bond motifs is 1. The number of ether oxygens (including phenoxy) is 1. The Morgan fingerprint density at radius 3 is 3.10 bits per heavy atom. The Hall–Kier alpha value is -0.870. The molecule has 20 heavy (non-hydrogen) atoms. The van der Waals surface area contributed by atoms with Crippen LogP contribution in [0.4, 0.5) is 0 Å². The molecule has 1 saturated heterocycles. The average Bonchev–Trinajstić information content (AvgIpc) is 3.07. The summed E-state index contributed by atoms with van der Waals surface area (Å²) in [5, 5.41) is 3.10. The van der Waals surface area contributed by atoms with Gasteiger partial charge in [-0.2, -0.15) is 0 Å². The van der Waals surface area contributed by atoms with Crippen LogP contribution in [-0.2, 0) is 17.6 Å². The Morgan fingerprint density at radius 2 is 2.35 bits per heavy atom. The minimum atomic E-state index is 0.0695. The topological polar surface area (TPSA) is 38.3 Å². The van der Waals surface area contributed by atoms with Crippen molar-refractivity contribution in [2.45, 2.75) is 58.1 Å². The van der Waals surface area contributed by atoms with Crippen LogP contribution in [-0.4, -0.2) is 24.7 Å². The van der Waals surface area contributed by atoms with Gasteiger partial charge in [0.15, 0.2) is 0 Å². The molecular formula is C16H23NO2S. The van der Waals surface area contributed by atoms with Crippen LogP contribution in [0.25, 0.3) is 0 Å². The van der Waals surface area contributed by atoms with Gasteiger partial charge in [0.05, 0.1) is 17.0 Å². The molecule has 1 aromatic heterocycles. The molecule has 0 radical (unpaired) electrons. The number of carbonyl (C=O) groups is 1. The van der Waals surface area contributed by atoms with Gasteiger partial charge in [-0.3, -0.25) is 4.79 Å².